The molecule has 0 radical (unpaired) electrons. The lowest BCUT2D eigenvalue weighted by atomic mass is 10.1. The fraction of sp³-hybridized carbons (Fsp3) is 0.562. The molecule has 2 atom stereocenters. The summed E-state index contributed by atoms with van der Waals surface area (Å²) >= 11 is 0. The average Bonchev–Trinajstić information content (AvgIpc) is 2.43. The van der Waals surface area contributed by atoms with Gasteiger partial charge in [0.2, 0.25) is 5.91 Å². The molecule has 0 aliphatic rings. The van der Waals surface area contributed by atoms with Crippen LogP contribution in [0.1, 0.15) is 57.6 Å². The smallest absolute Gasteiger partial charge is 0.241 e. The second-order valence-electron chi connectivity index (χ2n) is 5.15. The molecular formula is C16H26N2O. The minimum Gasteiger partial charge on any atom is -0.352 e. The monoisotopic (exact) mass is 262 g/mol. The Hall–Kier alpha value is -1.35. The standard InChI is InChI=1S/C16H26N2O/c1-3-4-5-7-10-13(2)18-16(19)15(17)14-11-8-6-9-12-14/h6,8-9,11-13,15H,3-5,7,10,17H2,1-2H3,(H,18,19)/t13?,15-/m1/s1. The largest absolute Gasteiger partial charge is 0.352 e. The van der Waals surface area contributed by atoms with Crippen LogP contribution in [-0.2, 0) is 4.79 Å². The number of carbonyl (C=O) groups is 1. The Morgan fingerprint density at radius 3 is 2.53 bits per heavy atom. The summed E-state index contributed by atoms with van der Waals surface area (Å²) in [6.07, 6.45) is 5.92. The van der Waals surface area contributed by atoms with Crippen LogP contribution >= 0.6 is 0 Å². The summed E-state index contributed by atoms with van der Waals surface area (Å²) < 4.78 is 0. The van der Waals surface area contributed by atoms with Gasteiger partial charge in [0.15, 0.2) is 0 Å². The molecule has 106 valence electrons. The predicted octanol–water partition coefficient (Wildman–Crippen LogP) is 3.16. The molecule has 3 nitrogen and oxygen atoms in total. The molecule has 1 rings (SSSR count). The molecule has 0 saturated carbocycles. The molecule has 0 bridgehead atoms. The van der Waals surface area contributed by atoms with Crippen molar-refractivity contribution in [3.8, 4) is 0 Å². The van der Waals surface area contributed by atoms with Crippen LogP contribution in [-0.4, -0.2) is 11.9 Å². The van der Waals surface area contributed by atoms with E-state index >= 15 is 0 Å². The number of nitrogens with one attached hydrogen (secondary N) is 1. The van der Waals surface area contributed by atoms with Crippen molar-refractivity contribution in [1.82, 2.24) is 5.32 Å². The molecule has 0 saturated heterocycles. The third kappa shape index (κ3) is 5.88. The van der Waals surface area contributed by atoms with Gasteiger partial charge in [-0.1, -0.05) is 62.9 Å². The number of rotatable bonds is 8. The van der Waals surface area contributed by atoms with E-state index in [9.17, 15) is 4.79 Å². The van der Waals surface area contributed by atoms with E-state index in [4.69, 9.17) is 5.73 Å². The number of hydrogen-bond donors (Lipinski definition) is 2. The summed E-state index contributed by atoms with van der Waals surface area (Å²) in [5, 5.41) is 2.99. The maximum absolute atomic E-state index is 12.0. The van der Waals surface area contributed by atoms with Crippen molar-refractivity contribution in [2.24, 2.45) is 5.73 Å². The van der Waals surface area contributed by atoms with Gasteiger partial charge in [-0.15, -0.1) is 0 Å². The van der Waals surface area contributed by atoms with Gasteiger partial charge in [0.25, 0.3) is 0 Å². The summed E-state index contributed by atoms with van der Waals surface area (Å²) in [6, 6.07) is 9.11. The van der Waals surface area contributed by atoms with Crippen molar-refractivity contribution in [3.05, 3.63) is 35.9 Å². The van der Waals surface area contributed by atoms with Crippen molar-refractivity contribution in [3.63, 3.8) is 0 Å². The molecule has 1 unspecified atom stereocenters. The second-order valence-corrected chi connectivity index (χ2v) is 5.15. The molecule has 0 aliphatic carbocycles. The summed E-state index contributed by atoms with van der Waals surface area (Å²) in [7, 11) is 0. The number of benzene rings is 1. The highest BCUT2D eigenvalue weighted by molar-refractivity contribution is 5.83. The van der Waals surface area contributed by atoms with Crippen molar-refractivity contribution >= 4 is 5.91 Å². The number of unbranched alkanes of at least 4 members (excludes halogenated alkanes) is 3. The number of hydrogen-bond acceptors (Lipinski definition) is 2. The van der Waals surface area contributed by atoms with Gasteiger partial charge in [0.05, 0.1) is 0 Å². The maximum atomic E-state index is 12.0. The Morgan fingerprint density at radius 2 is 1.89 bits per heavy atom. The van der Waals surface area contributed by atoms with E-state index in [1.165, 1.54) is 19.3 Å². The predicted molar refractivity (Wildman–Crippen MR) is 79.7 cm³/mol. The average molecular weight is 262 g/mol. The van der Waals surface area contributed by atoms with E-state index in [0.717, 1.165) is 18.4 Å². The molecule has 3 heteroatoms. The molecule has 0 fully saturated rings. The first-order valence-electron chi connectivity index (χ1n) is 7.26. The van der Waals surface area contributed by atoms with Gasteiger partial charge in [0, 0.05) is 6.04 Å². The van der Waals surface area contributed by atoms with Crippen molar-refractivity contribution in [1.29, 1.82) is 0 Å². The number of carbonyl (C=O) groups excluding carboxylic acids is 1. The summed E-state index contributed by atoms with van der Waals surface area (Å²) in [5.41, 5.74) is 6.81. The van der Waals surface area contributed by atoms with Gasteiger partial charge in [-0.25, -0.2) is 0 Å². The molecule has 0 aromatic heterocycles. The van der Waals surface area contributed by atoms with Gasteiger partial charge < -0.3 is 11.1 Å². The van der Waals surface area contributed by atoms with E-state index in [0.29, 0.717) is 0 Å². The van der Waals surface area contributed by atoms with Crippen LogP contribution in [0.25, 0.3) is 0 Å². The molecule has 19 heavy (non-hydrogen) atoms. The fourth-order valence-electron chi connectivity index (χ4n) is 2.09. The lowest BCUT2D eigenvalue weighted by molar-refractivity contribution is -0.123. The van der Waals surface area contributed by atoms with Crippen LogP contribution in [0.4, 0.5) is 0 Å². The highest BCUT2D eigenvalue weighted by Gasteiger charge is 2.16. The third-order valence-corrected chi connectivity index (χ3v) is 3.32. The van der Waals surface area contributed by atoms with Gasteiger partial charge in [-0.2, -0.15) is 0 Å². The molecule has 1 aromatic rings. The first-order valence-corrected chi connectivity index (χ1v) is 7.26. The van der Waals surface area contributed by atoms with Crippen LogP contribution < -0.4 is 11.1 Å². The lowest BCUT2D eigenvalue weighted by Gasteiger charge is -2.17. The number of amides is 1. The Morgan fingerprint density at radius 1 is 1.21 bits per heavy atom. The maximum Gasteiger partial charge on any atom is 0.241 e. The van der Waals surface area contributed by atoms with Crippen LogP contribution in [0.15, 0.2) is 30.3 Å². The van der Waals surface area contributed by atoms with Gasteiger partial charge in [-0.3, -0.25) is 4.79 Å². The summed E-state index contributed by atoms with van der Waals surface area (Å²) in [6.45, 7) is 4.24. The van der Waals surface area contributed by atoms with E-state index in [-0.39, 0.29) is 11.9 Å². The van der Waals surface area contributed by atoms with Crippen molar-refractivity contribution < 1.29 is 4.79 Å². The molecule has 0 aliphatic heterocycles. The lowest BCUT2D eigenvalue weighted by Crippen LogP contribution is -2.39. The van der Waals surface area contributed by atoms with E-state index in [1.807, 2.05) is 37.3 Å². The van der Waals surface area contributed by atoms with Crippen LogP contribution in [0.3, 0.4) is 0 Å². The minimum atomic E-state index is -0.570. The second kappa shape index (κ2) is 8.70. The normalized spacial score (nSPS) is 13.8. The SMILES string of the molecule is CCCCCCC(C)NC(=O)[C@H](N)c1ccccc1. The minimum absolute atomic E-state index is 0.0887. The zero-order valence-corrected chi connectivity index (χ0v) is 12.1. The quantitative estimate of drug-likeness (QED) is 0.707. The third-order valence-electron chi connectivity index (χ3n) is 3.32. The topological polar surface area (TPSA) is 55.1 Å². The Balaban J connectivity index is 2.33. The highest BCUT2D eigenvalue weighted by Crippen LogP contribution is 2.11. The number of nitrogens with two attached hydrogens (primary N) is 1. The van der Waals surface area contributed by atoms with Gasteiger partial charge in [0.1, 0.15) is 6.04 Å². The zero-order valence-electron chi connectivity index (χ0n) is 12.1. The summed E-state index contributed by atoms with van der Waals surface area (Å²) in [5.74, 6) is -0.0887. The van der Waals surface area contributed by atoms with E-state index in [2.05, 4.69) is 12.2 Å². The highest BCUT2D eigenvalue weighted by atomic mass is 16.2. The molecule has 0 heterocycles. The van der Waals surface area contributed by atoms with Crippen LogP contribution in [0.5, 0.6) is 0 Å². The molecule has 3 N–H and O–H groups in total. The van der Waals surface area contributed by atoms with E-state index in [1.54, 1.807) is 0 Å². The zero-order chi connectivity index (χ0) is 14.1. The molecule has 1 aromatic carbocycles. The summed E-state index contributed by atoms with van der Waals surface area (Å²) in [4.78, 5) is 12.0. The Labute approximate surface area is 116 Å². The van der Waals surface area contributed by atoms with Crippen LogP contribution in [0.2, 0.25) is 0 Å². The van der Waals surface area contributed by atoms with E-state index < -0.39 is 6.04 Å². The molecule has 1 amide bonds. The van der Waals surface area contributed by atoms with Gasteiger partial charge >= 0.3 is 0 Å². The fourth-order valence-corrected chi connectivity index (χ4v) is 2.09. The van der Waals surface area contributed by atoms with Crippen LogP contribution in [0, 0.1) is 0 Å². The van der Waals surface area contributed by atoms with Crippen molar-refractivity contribution in [2.45, 2.75) is 58.0 Å². The molecule has 0 spiro atoms. The first-order chi connectivity index (χ1) is 9.15. The molecular weight excluding hydrogens is 236 g/mol. The van der Waals surface area contributed by atoms with Crippen molar-refractivity contribution in [2.75, 3.05) is 0 Å². The Bertz CT molecular complexity index is 364. The first kappa shape index (κ1) is 15.7. The Kier molecular flexibility index (Phi) is 7.19. The van der Waals surface area contributed by atoms with Gasteiger partial charge in [-0.05, 0) is 18.9 Å².